The number of carboxylic acids is 1. The minimum Gasteiger partial charge on any atom is -0.478 e. The molecule has 23 heavy (non-hydrogen) atoms. The van der Waals surface area contributed by atoms with E-state index in [9.17, 15) is 28.1 Å². The molecule has 1 aromatic rings. The van der Waals surface area contributed by atoms with Crippen molar-refractivity contribution in [3.05, 3.63) is 39.4 Å². The highest BCUT2D eigenvalue weighted by Crippen LogP contribution is 2.19. The Bertz CT molecular complexity index is 726. The number of carbonyl (C=O) groups is 2. The molecular formula is C13H14N2O7S. The summed E-state index contributed by atoms with van der Waals surface area (Å²) >= 11 is 0. The lowest BCUT2D eigenvalue weighted by Gasteiger charge is -2.23. The van der Waals surface area contributed by atoms with Crippen molar-refractivity contribution in [2.24, 2.45) is 0 Å². The summed E-state index contributed by atoms with van der Waals surface area (Å²) in [6.07, 6.45) is 0.517. The number of rotatable bonds is 4. The maximum atomic E-state index is 12.1. The Labute approximate surface area is 131 Å². The van der Waals surface area contributed by atoms with Gasteiger partial charge in [-0.25, -0.2) is 13.2 Å². The first-order valence-corrected chi connectivity index (χ1v) is 8.54. The zero-order chi connectivity index (χ0) is 17.2. The SMILES string of the molecule is O=C(O)c1cc(C(=O)NC2CCS(=O)(=O)CC2)cc([N+](=O)[O-])c1. The van der Waals surface area contributed by atoms with Crippen LogP contribution in [0.1, 0.15) is 33.6 Å². The van der Waals surface area contributed by atoms with Crippen LogP contribution in [0.15, 0.2) is 18.2 Å². The summed E-state index contributed by atoms with van der Waals surface area (Å²) in [6.45, 7) is 0. The molecule has 0 radical (unpaired) electrons. The van der Waals surface area contributed by atoms with Gasteiger partial charge in [0.2, 0.25) is 0 Å². The van der Waals surface area contributed by atoms with Gasteiger partial charge in [0.1, 0.15) is 9.84 Å². The van der Waals surface area contributed by atoms with Crippen molar-refractivity contribution in [3.63, 3.8) is 0 Å². The second-order valence-corrected chi connectivity index (χ2v) is 7.53. The molecule has 2 N–H and O–H groups in total. The van der Waals surface area contributed by atoms with Crippen molar-refractivity contribution >= 4 is 27.4 Å². The Balaban J connectivity index is 2.19. The fraction of sp³-hybridized carbons (Fsp3) is 0.385. The van der Waals surface area contributed by atoms with Crippen LogP contribution in [0.4, 0.5) is 5.69 Å². The summed E-state index contributed by atoms with van der Waals surface area (Å²) in [5.74, 6) is -2.12. The molecule has 0 atom stereocenters. The van der Waals surface area contributed by atoms with Crippen LogP contribution in [-0.2, 0) is 9.84 Å². The van der Waals surface area contributed by atoms with Crippen LogP contribution in [0.3, 0.4) is 0 Å². The Morgan fingerprint density at radius 1 is 1.17 bits per heavy atom. The quantitative estimate of drug-likeness (QED) is 0.602. The zero-order valence-corrected chi connectivity index (χ0v) is 12.7. The van der Waals surface area contributed by atoms with Crippen LogP contribution < -0.4 is 5.32 Å². The van der Waals surface area contributed by atoms with Crippen LogP contribution in [-0.4, -0.2) is 47.9 Å². The summed E-state index contributed by atoms with van der Waals surface area (Å²) in [7, 11) is -3.07. The molecule has 9 nitrogen and oxygen atoms in total. The Morgan fingerprint density at radius 3 is 2.26 bits per heavy atom. The van der Waals surface area contributed by atoms with E-state index in [1.54, 1.807) is 0 Å². The smallest absolute Gasteiger partial charge is 0.335 e. The number of nitro groups is 1. The number of nitrogens with zero attached hydrogens (tertiary/aromatic N) is 1. The molecule has 1 heterocycles. The molecule has 0 aromatic heterocycles. The molecule has 2 rings (SSSR count). The summed E-state index contributed by atoms with van der Waals surface area (Å²) in [4.78, 5) is 33.2. The average Bonchev–Trinajstić information content (AvgIpc) is 2.48. The average molecular weight is 342 g/mol. The van der Waals surface area contributed by atoms with Gasteiger partial charge in [-0.15, -0.1) is 0 Å². The van der Waals surface area contributed by atoms with Gasteiger partial charge in [-0.2, -0.15) is 0 Å². The van der Waals surface area contributed by atoms with Crippen molar-refractivity contribution in [2.45, 2.75) is 18.9 Å². The van der Waals surface area contributed by atoms with Crippen molar-refractivity contribution in [3.8, 4) is 0 Å². The number of hydrogen-bond donors (Lipinski definition) is 2. The summed E-state index contributed by atoms with van der Waals surface area (Å²) < 4.78 is 22.7. The molecule has 124 valence electrons. The molecule has 0 saturated carbocycles. The minimum atomic E-state index is -3.07. The van der Waals surface area contributed by atoms with Gasteiger partial charge in [0, 0.05) is 23.7 Å². The second kappa shape index (κ2) is 6.32. The second-order valence-electron chi connectivity index (χ2n) is 5.23. The van der Waals surface area contributed by atoms with Gasteiger partial charge in [-0.1, -0.05) is 0 Å². The highest BCUT2D eigenvalue weighted by atomic mass is 32.2. The van der Waals surface area contributed by atoms with Gasteiger partial charge < -0.3 is 10.4 Å². The number of nitro benzene ring substituents is 1. The van der Waals surface area contributed by atoms with E-state index in [2.05, 4.69) is 5.32 Å². The van der Waals surface area contributed by atoms with E-state index in [1.807, 2.05) is 0 Å². The monoisotopic (exact) mass is 342 g/mol. The number of carboxylic acid groups (broad SMARTS) is 1. The molecule has 0 spiro atoms. The molecule has 10 heteroatoms. The van der Waals surface area contributed by atoms with Gasteiger partial charge in [0.15, 0.2) is 0 Å². The van der Waals surface area contributed by atoms with Crippen LogP contribution >= 0.6 is 0 Å². The van der Waals surface area contributed by atoms with Crippen LogP contribution in [0.5, 0.6) is 0 Å². The normalized spacial score (nSPS) is 17.4. The lowest BCUT2D eigenvalue weighted by atomic mass is 10.1. The molecule has 1 saturated heterocycles. The predicted molar refractivity (Wildman–Crippen MR) is 79.2 cm³/mol. The van der Waals surface area contributed by atoms with Crippen molar-refractivity contribution in [1.82, 2.24) is 5.32 Å². The van der Waals surface area contributed by atoms with Gasteiger partial charge in [0.05, 0.1) is 22.0 Å². The minimum absolute atomic E-state index is 0.0345. The number of benzene rings is 1. The molecule has 0 unspecified atom stereocenters. The van der Waals surface area contributed by atoms with E-state index in [0.29, 0.717) is 0 Å². The van der Waals surface area contributed by atoms with E-state index >= 15 is 0 Å². The number of sulfone groups is 1. The third kappa shape index (κ3) is 4.25. The van der Waals surface area contributed by atoms with Crippen molar-refractivity contribution in [1.29, 1.82) is 0 Å². The predicted octanol–water partition coefficient (Wildman–Crippen LogP) is 0.600. The first-order valence-electron chi connectivity index (χ1n) is 6.72. The molecule has 1 aliphatic rings. The van der Waals surface area contributed by atoms with E-state index in [4.69, 9.17) is 5.11 Å². The Hall–Kier alpha value is -2.49. The molecule has 0 aliphatic carbocycles. The molecule has 1 fully saturated rings. The maximum Gasteiger partial charge on any atom is 0.335 e. The van der Waals surface area contributed by atoms with Gasteiger partial charge in [0.25, 0.3) is 11.6 Å². The third-order valence-corrected chi connectivity index (χ3v) is 5.24. The summed E-state index contributed by atoms with van der Waals surface area (Å²) in [5.41, 5.74) is -1.01. The molecule has 0 bridgehead atoms. The van der Waals surface area contributed by atoms with Crippen molar-refractivity contribution < 1.29 is 28.0 Å². The van der Waals surface area contributed by atoms with Crippen LogP contribution in [0, 0.1) is 10.1 Å². The van der Waals surface area contributed by atoms with E-state index in [-0.39, 0.29) is 41.5 Å². The van der Waals surface area contributed by atoms with Gasteiger partial charge in [-0.05, 0) is 18.9 Å². The number of aromatic carboxylic acids is 1. The topological polar surface area (TPSA) is 144 Å². The third-order valence-electron chi connectivity index (χ3n) is 3.53. The number of nitrogens with one attached hydrogen (secondary N) is 1. The summed E-state index contributed by atoms with van der Waals surface area (Å²) in [5, 5.41) is 22.4. The summed E-state index contributed by atoms with van der Waals surface area (Å²) in [6, 6.07) is 2.54. The van der Waals surface area contributed by atoms with Gasteiger partial charge in [-0.3, -0.25) is 14.9 Å². The lowest BCUT2D eigenvalue weighted by molar-refractivity contribution is -0.384. The molecular weight excluding hydrogens is 328 g/mol. The van der Waals surface area contributed by atoms with Gasteiger partial charge >= 0.3 is 5.97 Å². The Morgan fingerprint density at radius 2 is 1.74 bits per heavy atom. The van der Waals surface area contributed by atoms with Crippen LogP contribution in [0.2, 0.25) is 0 Å². The zero-order valence-electron chi connectivity index (χ0n) is 11.9. The molecule has 1 aromatic carbocycles. The number of hydrogen-bond acceptors (Lipinski definition) is 6. The number of non-ortho nitro benzene ring substituents is 1. The highest BCUT2D eigenvalue weighted by molar-refractivity contribution is 7.91. The highest BCUT2D eigenvalue weighted by Gasteiger charge is 2.26. The standard InChI is InChI=1S/C13H14N2O7S/c16-12(14-10-1-3-23(21,22)4-2-10)8-5-9(13(17)18)7-11(6-8)15(19)20/h5-7,10H,1-4H2,(H,14,16)(H,17,18). The van der Waals surface area contributed by atoms with E-state index < -0.39 is 32.3 Å². The fourth-order valence-corrected chi connectivity index (χ4v) is 3.77. The number of carbonyl (C=O) groups excluding carboxylic acids is 1. The largest absolute Gasteiger partial charge is 0.478 e. The maximum absolute atomic E-state index is 12.1. The lowest BCUT2D eigenvalue weighted by Crippen LogP contribution is -2.40. The fourth-order valence-electron chi connectivity index (χ4n) is 2.27. The first kappa shape index (κ1) is 16.9. The first-order chi connectivity index (χ1) is 10.7. The van der Waals surface area contributed by atoms with E-state index in [1.165, 1.54) is 0 Å². The number of amides is 1. The van der Waals surface area contributed by atoms with Crippen molar-refractivity contribution in [2.75, 3.05) is 11.5 Å². The van der Waals surface area contributed by atoms with Crippen LogP contribution in [0.25, 0.3) is 0 Å². The Kier molecular flexibility index (Phi) is 4.64. The van der Waals surface area contributed by atoms with E-state index in [0.717, 1.165) is 18.2 Å². The molecule has 1 aliphatic heterocycles. The molecule has 1 amide bonds.